The van der Waals surface area contributed by atoms with Crippen LogP contribution in [0.5, 0.6) is 5.75 Å². The van der Waals surface area contributed by atoms with Crippen molar-refractivity contribution in [3.05, 3.63) is 30.0 Å². The number of carbonyl (C=O) groups excluding carboxylic acids is 4. The summed E-state index contributed by atoms with van der Waals surface area (Å²) in [7, 11) is 1.56. The number of rotatable bonds is 7. The van der Waals surface area contributed by atoms with Gasteiger partial charge in [0.2, 0.25) is 17.7 Å². The predicted molar refractivity (Wildman–Crippen MR) is 131 cm³/mol. The molecule has 5 aliphatic rings. The van der Waals surface area contributed by atoms with Gasteiger partial charge < -0.3 is 20.4 Å². The van der Waals surface area contributed by atoms with Crippen LogP contribution in [0.4, 0.5) is 0 Å². The van der Waals surface area contributed by atoms with E-state index in [2.05, 4.69) is 27.0 Å². The summed E-state index contributed by atoms with van der Waals surface area (Å²) in [4.78, 5) is 54.9. The molecule has 1 aromatic heterocycles. The number of nitrogens with zero attached hydrogens (tertiary/aromatic N) is 1. The molecule has 4 aliphatic carbocycles. The molecule has 2 aromatic rings. The quantitative estimate of drug-likeness (QED) is 0.423. The van der Waals surface area contributed by atoms with Gasteiger partial charge in [-0.1, -0.05) is 18.9 Å². The average molecular weight is 504 g/mol. The largest absolute Gasteiger partial charge is 0.496 e. The smallest absolute Gasteiger partial charge is 0.268 e. The third-order valence-electron chi connectivity index (χ3n) is 8.77. The predicted octanol–water partition coefficient (Wildman–Crippen LogP) is 1.77. The molecule has 1 saturated heterocycles. The number of aromatic nitrogens is 1. The lowest BCUT2D eigenvalue weighted by molar-refractivity contribution is -0.137. The first-order chi connectivity index (χ1) is 17.8. The van der Waals surface area contributed by atoms with E-state index in [1.54, 1.807) is 13.2 Å². The number of benzene rings is 1. The number of fused-ring (bicyclic) bond motifs is 3. The second-order valence-corrected chi connectivity index (χ2v) is 10.9. The first-order valence-electron chi connectivity index (χ1n) is 12.9. The highest BCUT2D eigenvalue weighted by Gasteiger charge is 2.64. The summed E-state index contributed by atoms with van der Waals surface area (Å²) < 4.78 is 5.38. The second kappa shape index (κ2) is 8.61. The van der Waals surface area contributed by atoms with Gasteiger partial charge in [-0.15, -0.1) is 0 Å². The molecule has 10 heteroatoms. The number of hydrogen-bond donors (Lipinski definition) is 4. The third-order valence-corrected chi connectivity index (χ3v) is 8.77. The molecule has 10 nitrogen and oxygen atoms in total. The van der Waals surface area contributed by atoms with Crippen LogP contribution < -0.4 is 20.7 Å². The summed E-state index contributed by atoms with van der Waals surface area (Å²) in [5, 5.41) is 19.3. The second-order valence-electron chi connectivity index (χ2n) is 10.9. The molecular formula is C27H29N5O5. The van der Waals surface area contributed by atoms with Crippen LogP contribution in [0.1, 0.15) is 49.0 Å². The van der Waals surface area contributed by atoms with Crippen molar-refractivity contribution in [1.29, 1.82) is 5.26 Å². The van der Waals surface area contributed by atoms with Crippen LogP contribution in [0.25, 0.3) is 10.9 Å². The molecule has 2 bridgehead atoms. The Labute approximate surface area is 213 Å². The van der Waals surface area contributed by atoms with E-state index >= 15 is 0 Å². The Balaban J connectivity index is 1.23. The minimum Gasteiger partial charge on any atom is -0.496 e. The number of methoxy groups -OCH3 is 1. The summed E-state index contributed by atoms with van der Waals surface area (Å²) in [5.41, 5.74) is -0.193. The molecule has 5 fully saturated rings. The lowest BCUT2D eigenvalue weighted by Crippen LogP contribution is -2.66. The minimum absolute atomic E-state index is 0.140. The maximum atomic E-state index is 13.6. The van der Waals surface area contributed by atoms with Crippen LogP contribution in [0, 0.1) is 40.9 Å². The van der Waals surface area contributed by atoms with Crippen molar-refractivity contribution in [3.8, 4) is 11.8 Å². The van der Waals surface area contributed by atoms with Crippen LogP contribution >= 0.6 is 0 Å². The van der Waals surface area contributed by atoms with Gasteiger partial charge in [0.15, 0.2) is 0 Å². The standard InChI is InChI=1S/C27H29N5O5/c1-37-20-4-2-3-17-15(20)10-19(29-17)23(33)30-18(9-13-5-6-13)24(34)32-27(12-28)11-14-7-8-16(27)22-21(14)25(35)31-26(22)36/h2-4,10,13-14,16,18,21-22,29H,5-9,11H2,1H3,(H,30,33)(H,32,34)(H,31,35,36)/t14-,16-,18-,21-,22?,27+/m0/s1. The molecule has 1 unspecified atom stereocenters. The van der Waals surface area contributed by atoms with Crippen molar-refractivity contribution in [2.75, 3.05) is 7.11 Å². The Kier molecular flexibility index (Phi) is 5.48. The zero-order valence-electron chi connectivity index (χ0n) is 20.5. The monoisotopic (exact) mass is 503 g/mol. The Bertz CT molecular complexity index is 1360. The Morgan fingerprint density at radius 1 is 1.19 bits per heavy atom. The highest BCUT2D eigenvalue weighted by atomic mass is 16.5. The highest BCUT2D eigenvalue weighted by Crippen LogP contribution is 2.55. The van der Waals surface area contributed by atoms with Crippen molar-refractivity contribution in [1.82, 2.24) is 20.9 Å². The number of H-pyrrole nitrogens is 1. The summed E-state index contributed by atoms with van der Waals surface area (Å²) >= 11 is 0. The van der Waals surface area contributed by atoms with Gasteiger partial charge in [-0.05, 0) is 55.7 Å². The molecule has 2 heterocycles. The Hall–Kier alpha value is -3.87. The van der Waals surface area contributed by atoms with E-state index in [1.165, 1.54) is 0 Å². The van der Waals surface area contributed by atoms with E-state index in [1.807, 2.05) is 18.2 Å². The van der Waals surface area contributed by atoms with E-state index < -0.39 is 41.1 Å². The van der Waals surface area contributed by atoms with Crippen molar-refractivity contribution < 1.29 is 23.9 Å². The summed E-state index contributed by atoms with van der Waals surface area (Å²) in [6.07, 6.45) is 4.12. The van der Waals surface area contributed by atoms with E-state index in [9.17, 15) is 24.4 Å². The molecule has 0 spiro atoms. The van der Waals surface area contributed by atoms with Crippen LogP contribution in [0.15, 0.2) is 24.3 Å². The first kappa shape index (κ1) is 23.5. The van der Waals surface area contributed by atoms with Crippen molar-refractivity contribution >= 4 is 34.5 Å². The number of aromatic amines is 1. The number of imide groups is 1. The fraction of sp³-hybridized carbons (Fsp3) is 0.519. The van der Waals surface area contributed by atoms with Gasteiger partial charge in [-0.3, -0.25) is 24.5 Å². The minimum atomic E-state index is -1.25. The lowest BCUT2D eigenvalue weighted by atomic mass is 9.52. The molecule has 0 radical (unpaired) electrons. The molecule has 6 atom stereocenters. The number of ether oxygens (including phenoxy) is 1. The number of amides is 4. The lowest BCUT2D eigenvalue weighted by Gasteiger charge is -2.52. The summed E-state index contributed by atoms with van der Waals surface area (Å²) in [6.45, 7) is 0. The topological polar surface area (TPSA) is 153 Å². The number of hydrogen-bond acceptors (Lipinski definition) is 6. The number of carbonyl (C=O) groups is 4. The van der Waals surface area contributed by atoms with Gasteiger partial charge in [0, 0.05) is 16.8 Å². The normalized spacial score (nSPS) is 30.8. The molecule has 1 aromatic carbocycles. The van der Waals surface area contributed by atoms with E-state index in [0.717, 1.165) is 30.2 Å². The number of nitriles is 1. The molecule has 1 aliphatic heterocycles. The Morgan fingerprint density at radius 2 is 1.97 bits per heavy atom. The van der Waals surface area contributed by atoms with Gasteiger partial charge in [0.05, 0.1) is 25.0 Å². The molecular weight excluding hydrogens is 474 g/mol. The van der Waals surface area contributed by atoms with Gasteiger partial charge >= 0.3 is 0 Å². The summed E-state index contributed by atoms with van der Waals surface area (Å²) in [5.74, 6) is -2.10. The van der Waals surface area contributed by atoms with Crippen LogP contribution in [0.3, 0.4) is 0 Å². The molecule has 4 N–H and O–H groups in total. The van der Waals surface area contributed by atoms with Gasteiger partial charge in [-0.2, -0.15) is 5.26 Å². The first-order valence-corrected chi connectivity index (χ1v) is 12.9. The molecule has 7 rings (SSSR count). The van der Waals surface area contributed by atoms with Gasteiger partial charge in [-0.25, -0.2) is 0 Å². The average Bonchev–Trinajstić information content (AvgIpc) is 3.51. The van der Waals surface area contributed by atoms with Crippen LogP contribution in [0.2, 0.25) is 0 Å². The van der Waals surface area contributed by atoms with Crippen molar-refractivity contribution in [3.63, 3.8) is 0 Å². The zero-order valence-corrected chi connectivity index (χ0v) is 20.5. The maximum absolute atomic E-state index is 13.6. The van der Waals surface area contributed by atoms with Crippen LogP contribution in [-0.4, -0.2) is 47.3 Å². The maximum Gasteiger partial charge on any atom is 0.268 e. The Morgan fingerprint density at radius 3 is 2.70 bits per heavy atom. The van der Waals surface area contributed by atoms with Gasteiger partial charge in [0.1, 0.15) is 23.0 Å². The highest BCUT2D eigenvalue weighted by molar-refractivity contribution is 6.06. The third kappa shape index (κ3) is 3.84. The van der Waals surface area contributed by atoms with E-state index in [-0.39, 0.29) is 17.7 Å². The zero-order chi connectivity index (χ0) is 25.9. The molecule has 4 amide bonds. The molecule has 192 valence electrons. The van der Waals surface area contributed by atoms with E-state index in [4.69, 9.17) is 4.74 Å². The fourth-order valence-corrected chi connectivity index (χ4v) is 6.84. The van der Waals surface area contributed by atoms with Gasteiger partial charge in [0.25, 0.3) is 5.91 Å². The van der Waals surface area contributed by atoms with Crippen molar-refractivity contribution in [2.24, 2.45) is 29.6 Å². The molecule has 37 heavy (non-hydrogen) atoms. The SMILES string of the molecule is COc1cccc2[nH]c(C(=O)N[C@@H](CC3CC3)C(=O)N[C@@]3(C#N)C[C@@H]4CC[C@H]3C3C(=O)NC(=O)[C@H]34)cc12. The van der Waals surface area contributed by atoms with E-state index in [0.29, 0.717) is 36.6 Å². The number of nitrogens with one attached hydrogen (secondary N) is 4. The van der Waals surface area contributed by atoms with Crippen molar-refractivity contribution in [2.45, 2.75) is 50.1 Å². The summed E-state index contributed by atoms with van der Waals surface area (Å²) in [6, 6.07) is 8.66. The molecule has 4 saturated carbocycles. The van der Waals surface area contributed by atoms with Crippen LogP contribution in [-0.2, 0) is 14.4 Å². The fourth-order valence-electron chi connectivity index (χ4n) is 6.84.